The standard InChI is InChI=1S/C24H26/c1-14-12-16(3)23(21-10-6-8-19(14)21)18(5)24-17(4)13-15(2)20-9-7-11-22(20)24/h6-9,12-13,18H,10-11H2,1-5H3. The number of aryl methyl sites for hydroxylation is 4. The lowest BCUT2D eigenvalue weighted by Crippen LogP contribution is -2.10. The number of allylic oxidation sites excluding steroid dienone is 2. The molecule has 0 spiro atoms. The summed E-state index contributed by atoms with van der Waals surface area (Å²) >= 11 is 0. The van der Waals surface area contributed by atoms with Gasteiger partial charge in [0.1, 0.15) is 0 Å². The fourth-order valence-electron chi connectivity index (χ4n) is 5.05. The molecule has 0 unspecified atom stereocenters. The normalized spacial score (nSPS) is 14.6. The first-order chi connectivity index (χ1) is 11.5. The maximum absolute atomic E-state index is 2.41. The van der Waals surface area contributed by atoms with Crippen molar-refractivity contribution in [2.75, 3.05) is 0 Å². The first-order valence-electron chi connectivity index (χ1n) is 9.08. The Morgan fingerprint density at radius 3 is 1.50 bits per heavy atom. The molecule has 2 aromatic rings. The van der Waals surface area contributed by atoms with Crippen molar-refractivity contribution in [1.82, 2.24) is 0 Å². The van der Waals surface area contributed by atoms with Crippen LogP contribution in [0.25, 0.3) is 12.2 Å². The Morgan fingerprint density at radius 1 is 0.667 bits per heavy atom. The molecule has 0 heterocycles. The van der Waals surface area contributed by atoms with E-state index in [9.17, 15) is 0 Å². The van der Waals surface area contributed by atoms with Crippen LogP contribution >= 0.6 is 0 Å². The van der Waals surface area contributed by atoms with Gasteiger partial charge in [-0.2, -0.15) is 0 Å². The molecule has 0 bridgehead atoms. The molecule has 24 heavy (non-hydrogen) atoms. The van der Waals surface area contributed by atoms with Crippen molar-refractivity contribution < 1.29 is 0 Å². The quantitative estimate of drug-likeness (QED) is 0.618. The van der Waals surface area contributed by atoms with Crippen LogP contribution in [0.2, 0.25) is 0 Å². The van der Waals surface area contributed by atoms with Crippen LogP contribution < -0.4 is 0 Å². The van der Waals surface area contributed by atoms with E-state index in [1.807, 2.05) is 0 Å². The topological polar surface area (TPSA) is 0 Å². The summed E-state index contributed by atoms with van der Waals surface area (Å²) in [4.78, 5) is 0. The lowest BCUT2D eigenvalue weighted by molar-refractivity contribution is 0.863. The number of fused-ring (bicyclic) bond motifs is 2. The van der Waals surface area contributed by atoms with Gasteiger partial charge in [-0.15, -0.1) is 0 Å². The van der Waals surface area contributed by atoms with Crippen molar-refractivity contribution in [1.29, 1.82) is 0 Å². The highest BCUT2D eigenvalue weighted by atomic mass is 14.3. The molecule has 0 nitrogen and oxygen atoms in total. The molecule has 0 heteroatoms. The lowest BCUT2D eigenvalue weighted by atomic mass is 9.79. The van der Waals surface area contributed by atoms with Gasteiger partial charge in [-0.25, -0.2) is 0 Å². The van der Waals surface area contributed by atoms with Gasteiger partial charge in [-0.1, -0.05) is 43.4 Å². The molecule has 122 valence electrons. The van der Waals surface area contributed by atoms with E-state index in [0.29, 0.717) is 5.92 Å². The molecule has 4 rings (SSSR count). The van der Waals surface area contributed by atoms with E-state index in [4.69, 9.17) is 0 Å². The summed E-state index contributed by atoms with van der Waals surface area (Å²) in [6, 6.07) is 4.75. The lowest BCUT2D eigenvalue weighted by Gasteiger charge is -2.25. The molecule has 0 amide bonds. The fraction of sp³-hybridized carbons (Fsp3) is 0.333. The molecule has 0 N–H and O–H groups in total. The van der Waals surface area contributed by atoms with Crippen LogP contribution in [0, 0.1) is 27.7 Å². The van der Waals surface area contributed by atoms with E-state index in [0.717, 1.165) is 12.8 Å². The van der Waals surface area contributed by atoms with Crippen LogP contribution in [-0.2, 0) is 12.8 Å². The summed E-state index contributed by atoms with van der Waals surface area (Å²) in [5.41, 5.74) is 14.9. The minimum atomic E-state index is 0.452. The van der Waals surface area contributed by atoms with E-state index in [1.54, 1.807) is 22.3 Å². The molecule has 0 aromatic heterocycles. The first kappa shape index (κ1) is 15.4. The van der Waals surface area contributed by atoms with Crippen LogP contribution in [0.5, 0.6) is 0 Å². The monoisotopic (exact) mass is 314 g/mol. The van der Waals surface area contributed by atoms with E-state index in [2.05, 4.69) is 71.1 Å². The van der Waals surface area contributed by atoms with Crippen molar-refractivity contribution in [3.05, 3.63) is 79.9 Å². The maximum atomic E-state index is 2.41. The van der Waals surface area contributed by atoms with E-state index < -0.39 is 0 Å². The predicted octanol–water partition coefficient (Wildman–Crippen LogP) is 6.21. The summed E-state index contributed by atoms with van der Waals surface area (Å²) in [5, 5.41) is 0. The van der Waals surface area contributed by atoms with Crippen LogP contribution in [0.4, 0.5) is 0 Å². The van der Waals surface area contributed by atoms with Crippen molar-refractivity contribution in [3.8, 4) is 0 Å². The number of hydrogen-bond donors (Lipinski definition) is 0. The van der Waals surface area contributed by atoms with E-state index >= 15 is 0 Å². The molecule has 2 aromatic carbocycles. The highest BCUT2D eigenvalue weighted by Crippen LogP contribution is 2.41. The molecule has 0 atom stereocenters. The third-order valence-electron chi connectivity index (χ3n) is 5.94. The van der Waals surface area contributed by atoms with Gasteiger partial charge in [0.15, 0.2) is 0 Å². The maximum Gasteiger partial charge on any atom is 0.00723 e. The van der Waals surface area contributed by atoms with Crippen LogP contribution in [0.15, 0.2) is 24.3 Å². The minimum Gasteiger partial charge on any atom is -0.0795 e. The van der Waals surface area contributed by atoms with Gasteiger partial charge < -0.3 is 0 Å². The molecule has 0 saturated carbocycles. The molecular weight excluding hydrogens is 288 g/mol. The Labute approximate surface area is 145 Å². The van der Waals surface area contributed by atoms with Gasteiger partial charge in [0.25, 0.3) is 0 Å². The first-order valence-corrected chi connectivity index (χ1v) is 9.08. The average Bonchev–Trinajstić information content (AvgIpc) is 3.16. The van der Waals surface area contributed by atoms with Crippen LogP contribution in [-0.4, -0.2) is 0 Å². The zero-order valence-electron chi connectivity index (χ0n) is 15.5. The molecule has 0 saturated heterocycles. The number of hydrogen-bond acceptors (Lipinski definition) is 0. The Bertz CT molecular complexity index is 831. The van der Waals surface area contributed by atoms with Crippen molar-refractivity contribution >= 4 is 12.2 Å². The zero-order valence-corrected chi connectivity index (χ0v) is 15.5. The third kappa shape index (κ3) is 2.13. The summed E-state index contributed by atoms with van der Waals surface area (Å²) in [6.07, 6.45) is 11.4. The Morgan fingerprint density at radius 2 is 1.08 bits per heavy atom. The average molecular weight is 314 g/mol. The summed E-state index contributed by atoms with van der Waals surface area (Å²) in [7, 11) is 0. The van der Waals surface area contributed by atoms with Gasteiger partial charge in [-0.3, -0.25) is 0 Å². The van der Waals surface area contributed by atoms with Crippen molar-refractivity contribution in [3.63, 3.8) is 0 Å². The van der Waals surface area contributed by atoms with Crippen LogP contribution in [0.1, 0.15) is 68.5 Å². The third-order valence-corrected chi connectivity index (χ3v) is 5.94. The Hall–Kier alpha value is -2.08. The number of rotatable bonds is 2. The van der Waals surface area contributed by atoms with E-state index in [1.165, 1.54) is 33.4 Å². The molecule has 0 aliphatic heterocycles. The Balaban J connectivity index is 1.93. The molecule has 2 aliphatic carbocycles. The molecule has 0 radical (unpaired) electrons. The molecular formula is C24H26. The van der Waals surface area contributed by atoms with E-state index in [-0.39, 0.29) is 0 Å². The highest BCUT2D eigenvalue weighted by Gasteiger charge is 2.25. The van der Waals surface area contributed by atoms with Crippen molar-refractivity contribution in [2.24, 2.45) is 0 Å². The second-order valence-electron chi connectivity index (χ2n) is 7.57. The van der Waals surface area contributed by atoms with Crippen molar-refractivity contribution in [2.45, 2.75) is 53.4 Å². The van der Waals surface area contributed by atoms with Gasteiger partial charge in [0.05, 0.1) is 0 Å². The minimum absolute atomic E-state index is 0.452. The smallest absolute Gasteiger partial charge is 0.00723 e. The van der Waals surface area contributed by atoms with Gasteiger partial charge in [-0.05, 0) is 96.2 Å². The summed E-state index contributed by atoms with van der Waals surface area (Å²) < 4.78 is 0. The predicted molar refractivity (Wildman–Crippen MR) is 105 cm³/mol. The highest BCUT2D eigenvalue weighted by molar-refractivity contribution is 5.70. The van der Waals surface area contributed by atoms with Crippen LogP contribution in [0.3, 0.4) is 0 Å². The Kier molecular flexibility index (Phi) is 3.53. The second kappa shape index (κ2) is 5.48. The van der Waals surface area contributed by atoms with Gasteiger partial charge in [0, 0.05) is 5.92 Å². The summed E-state index contributed by atoms with van der Waals surface area (Å²) in [6.45, 7) is 11.5. The fourth-order valence-corrected chi connectivity index (χ4v) is 5.05. The van der Waals surface area contributed by atoms with Gasteiger partial charge >= 0.3 is 0 Å². The number of benzene rings is 2. The second-order valence-corrected chi connectivity index (χ2v) is 7.57. The molecule has 0 fully saturated rings. The zero-order chi connectivity index (χ0) is 17.0. The SMILES string of the molecule is Cc1cc(C)c(C(C)c2c(C)cc(C)c3c2CC=C3)c2c1C=CC2. The van der Waals surface area contributed by atoms with Gasteiger partial charge in [0.2, 0.25) is 0 Å². The summed E-state index contributed by atoms with van der Waals surface area (Å²) in [5.74, 6) is 0.452. The largest absolute Gasteiger partial charge is 0.0795 e. The molecule has 2 aliphatic rings.